The van der Waals surface area contributed by atoms with Crippen LogP contribution in [0.3, 0.4) is 0 Å². The van der Waals surface area contributed by atoms with E-state index in [1.165, 1.54) is 0 Å². The van der Waals surface area contributed by atoms with Gasteiger partial charge in [0.25, 0.3) is 0 Å². The van der Waals surface area contributed by atoms with Crippen LogP contribution in [0.2, 0.25) is 10.0 Å². The molecule has 0 aliphatic carbocycles. The van der Waals surface area contributed by atoms with Crippen LogP contribution in [0, 0.1) is 20.8 Å². The summed E-state index contributed by atoms with van der Waals surface area (Å²) in [6, 6.07) is 11.5. The van der Waals surface area contributed by atoms with Gasteiger partial charge in [-0.2, -0.15) is 0 Å². The van der Waals surface area contributed by atoms with Crippen LogP contribution >= 0.6 is 77.7 Å². The van der Waals surface area contributed by atoms with Gasteiger partial charge in [-0.05, 0) is 79.8 Å². The first kappa shape index (κ1) is 21.3. The lowest BCUT2D eigenvalue weighted by molar-refractivity contribution is 0.571. The maximum Gasteiger partial charge on any atom is 0.0573 e. The van der Waals surface area contributed by atoms with Crippen LogP contribution in [-0.2, 0) is 0 Å². The number of hydrogen-bond acceptors (Lipinski definition) is 0. The molecule has 2 aromatic rings. The first-order valence-electron chi connectivity index (χ1n) is 6.67. The van der Waals surface area contributed by atoms with E-state index in [-0.39, 0.29) is 5.41 Å². The fraction of sp³-hybridized carbons (Fsp3) is 0.222. The molecule has 0 saturated heterocycles. The van der Waals surface area contributed by atoms with Gasteiger partial charge in [-0.3, -0.25) is 0 Å². The Morgan fingerprint density at radius 3 is 1.87 bits per heavy atom. The van der Waals surface area contributed by atoms with Gasteiger partial charge in [-0.15, -0.1) is 0 Å². The molecule has 0 amide bonds. The quantitative estimate of drug-likeness (QED) is 0.165. The third-order valence-corrected chi connectivity index (χ3v) is 5.26. The summed E-state index contributed by atoms with van der Waals surface area (Å²) < 4.78 is 3.08. The molecule has 23 heavy (non-hydrogen) atoms. The molecule has 2 rings (SSSR count). The molecule has 0 aliphatic rings. The summed E-state index contributed by atoms with van der Waals surface area (Å²) in [6.07, 6.45) is 0. The van der Waals surface area contributed by atoms with Crippen molar-refractivity contribution in [2.24, 2.45) is 5.41 Å². The zero-order valence-electron chi connectivity index (χ0n) is 12.9. The lowest BCUT2D eigenvalue weighted by atomic mass is 9.97. The lowest BCUT2D eigenvalue weighted by Gasteiger charge is -2.07. The van der Waals surface area contributed by atoms with Gasteiger partial charge in [0.1, 0.15) is 0 Å². The lowest BCUT2D eigenvalue weighted by Crippen LogP contribution is -1.99. The van der Waals surface area contributed by atoms with E-state index >= 15 is 0 Å². The summed E-state index contributed by atoms with van der Waals surface area (Å²) in [5, 5.41) is 1.49. The summed E-state index contributed by atoms with van der Waals surface area (Å²) >= 11 is 20.7. The Labute approximate surface area is 178 Å². The van der Waals surface area contributed by atoms with Gasteiger partial charge in [0.15, 0.2) is 0 Å². The van der Waals surface area contributed by atoms with Crippen molar-refractivity contribution in [2.45, 2.75) is 20.8 Å². The molecular formula is C18H15Br2Cl2I. The number of benzene rings is 2. The van der Waals surface area contributed by atoms with E-state index in [1.807, 2.05) is 36.4 Å². The van der Waals surface area contributed by atoms with Crippen LogP contribution in [0.25, 0.3) is 0 Å². The normalized spacial score (nSPS) is 10.3. The van der Waals surface area contributed by atoms with Gasteiger partial charge in [-0.25, -0.2) is 0 Å². The van der Waals surface area contributed by atoms with Crippen LogP contribution in [0.5, 0.6) is 0 Å². The molecule has 0 nitrogen and oxygen atoms in total. The van der Waals surface area contributed by atoms with Crippen LogP contribution < -0.4 is 0 Å². The zero-order chi connectivity index (χ0) is 17.6. The molecule has 2 aromatic carbocycles. The smallest absolute Gasteiger partial charge is 0.0573 e. The van der Waals surface area contributed by atoms with Crippen molar-refractivity contribution in [1.29, 1.82) is 0 Å². The summed E-state index contributed by atoms with van der Waals surface area (Å²) in [4.78, 5) is 0. The average molecular weight is 589 g/mol. The van der Waals surface area contributed by atoms with Gasteiger partial charge in [0.2, 0.25) is 0 Å². The Bertz CT molecular complexity index is 741. The molecule has 0 aliphatic heterocycles. The maximum atomic E-state index is 6.03. The van der Waals surface area contributed by atoms with Crippen molar-refractivity contribution in [3.63, 3.8) is 0 Å². The minimum Gasteiger partial charge on any atom is -0.0919 e. The number of halogens is 5. The first-order chi connectivity index (χ1) is 10.6. The van der Waals surface area contributed by atoms with Crippen molar-refractivity contribution in [3.8, 4) is 11.8 Å². The van der Waals surface area contributed by atoms with Gasteiger partial charge < -0.3 is 0 Å². The van der Waals surface area contributed by atoms with Crippen molar-refractivity contribution >= 4 is 77.7 Å². The molecule has 122 valence electrons. The molecular weight excluding hydrogens is 574 g/mol. The second-order valence-electron chi connectivity index (χ2n) is 5.68. The molecule has 0 atom stereocenters. The van der Waals surface area contributed by atoms with Gasteiger partial charge in [0, 0.05) is 23.5 Å². The summed E-state index contributed by atoms with van der Waals surface area (Å²) in [5.41, 5.74) is 0.890. The van der Waals surface area contributed by atoms with Crippen LogP contribution in [0.15, 0.2) is 45.3 Å². The van der Waals surface area contributed by atoms with Crippen molar-refractivity contribution < 1.29 is 0 Å². The number of hydrogen-bond donors (Lipinski definition) is 0. The number of rotatable bonds is 0. The minimum absolute atomic E-state index is 0.0103. The molecule has 0 aromatic heterocycles. The predicted octanol–water partition coefficient (Wildman–Crippen LogP) is 8.21. The average Bonchev–Trinajstić information content (AvgIpc) is 2.42. The molecule has 0 spiro atoms. The molecule has 0 bridgehead atoms. The molecule has 0 N–H and O–H groups in total. The predicted molar refractivity (Wildman–Crippen MR) is 117 cm³/mol. The Morgan fingerprint density at radius 1 is 0.913 bits per heavy atom. The van der Waals surface area contributed by atoms with E-state index in [1.54, 1.807) is 0 Å². The Hall–Kier alpha value is 0.270. The summed E-state index contributed by atoms with van der Waals surface area (Å²) in [7, 11) is 0. The largest absolute Gasteiger partial charge is 0.0919 e. The highest BCUT2D eigenvalue weighted by Gasteiger charge is 2.04. The van der Waals surface area contributed by atoms with Crippen LogP contribution in [0.4, 0.5) is 0 Å². The van der Waals surface area contributed by atoms with Gasteiger partial charge in [0.05, 0.1) is 10.0 Å². The SMILES string of the molecule is CC(C)(C)C#Cc1ccc(Br)cc1Cl.Clc1cc(Br)ccc1I. The fourth-order valence-corrected chi connectivity index (χ4v) is 3.05. The second-order valence-corrected chi connectivity index (χ2v) is 9.49. The minimum atomic E-state index is 0.0103. The summed E-state index contributed by atoms with van der Waals surface area (Å²) in [6.45, 7) is 6.23. The Balaban J connectivity index is 0.000000253. The molecule has 0 radical (unpaired) electrons. The van der Waals surface area contributed by atoms with Crippen molar-refractivity contribution in [2.75, 3.05) is 0 Å². The fourth-order valence-electron chi connectivity index (χ4n) is 1.32. The highest BCUT2D eigenvalue weighted by molar-refractivity contribution is 14.1. The Morgan fingerprint density at radius 2 is 1.43 bits per heavy atom. The monoisotopic (exact) mass is 586 g/mol. The zero-order valence-corrected chi connectivity index (χ0v) is 19.7. The van der Waals surface area contributed by atoms with Gasteiger partial charge >= 0.3 is 0 Å². The van der Waals surface area contributed by atoms with E-state index in [0.29, 0.717) is 5.02 Å². The maximum absolute atomic E-state index is 6.03. The van der Waals surface area contributed by atoms with Gasteiger partial charge in [-0.1, -0.05) is 66.9 Å². The van der Waals surface area contributed by atoms with E-state index in [2.05, 4.69) is 87.1 Å². The van der Waals surface area contributed by atoms with E-state index in [0.717, 1.165) is 23.1 Å². The topological polar surface area (TPSA) is 0 Å². The third-order valence-electron chi connectivity index (χ3n) is 2.38. The summed E-state index contributed by atoms with van der Waals surface area (Å²) in [5.74, 6) is 6.23. The molecule has 0 unspecified atom stereocenters. The molecule has 0 saturated carbocycles. The van der Waals surface area contributed by atoms with Crippen molar-refractivity contribution in [3.05, 3.63) is 64.5 Å². The van der Waals surface area contributed by atoms with Crippen molar-refractivity contribution in [1.82, 2.24) is 0 Å². The van der Waals surface area contributed by atoms with Crippen LogP contribution in [0.1, 0.15) is 26.3 Å². The molecule has 5 heteroatoms. The van der Waals surface area contributed by atoms with E-state index in [9.17, 15) is 0 Å². The standard InChI is InChI=1S/C12H12BrCl.C6H3BrClI/c1-12(2,3)7-6-9-4-5-10(13)8-11(9)14;7-4-1-2-6(9)5(8)3-4/h4-5,8H,1-3H3;1-3H. The molecule has 0 heterocycles. The first-order valence-corrected chi connectivity index (χ1v) is 10.1. The highest BCUT2D eigenvalue weighted by Crippen LogP contribution is 2.22. The van der Waals surface area contributed by atoms with E-state index < -0.39 is 0 Å². The second kappa shape index (κ2) is 9.68. The highest BCUT2D eigenvalue weighted by atomic mass is 127. The molecule has 0 fully saturated rings. The Kier molecular flexibility index (Phi) is 8.97. The van der Waals surface area contributed by atoms with E-state index in [4.69, 9.17) is 23.2 Å². The van der Waals surface area contributed by atoms with Crippen LogP contribution in [-0.4, -0.2) is 0 Å². The third kappa shape index (κ3) is 8.79.